The highest BCUT2D eigenvalue weighted by Gasteiger charge is 2.50. The molecule has 0 radical (unpaired) electrons. The van der Waals surface area contributed by atoms with Gasteiger partial charge in [-0.2, -0.15) is 0 Å². The smallest absolute Gasteiger partial charge is 0.253 e. The molecular weight excluding hydrogens is 362 g/mol. The second-order valence-electron chi connectivity index (χ2n) is 7.27. The summed E-state index contributed by atoms with van der Waals surface area (Å²) in [5.74, 6) is -0.614. The van der Waals surface area contributed by atoms with Crippen LogP contribution >= 0.6 is 0 Å². The molecule has 1 fully saturated rings. The summed E-state index contributed by atoms with van der Waals surface area (Å²) in [5, 5.41) is 17.4. The molecule has 0 saturated carbocycles. The molecule has 0 spiro atoms. The summed E-state index contributed by atoms with van der Waals surface area (Å²) in [4.78, 5) is 36.6. The number of nitrogens with one attached hydrogen (secondary N) is 3. The maximum absolute atomic E-state index is 12.3. The van der Waals surface area contributed by atoms with Crippen LogP contribution in [0.15, 0.2) is 24.3 Å². The summed E-state index contributed by atoms with van der Waals surface area (Å²) >= 11 is 0. The van der Waals surface area contributed by atoms with E-state index in [2.05, 4.69) is 16.0 Å². The van der Waals surface area contributed by atoms with E-state index < -0.39 is 24.2 Å². The van der Waals surface area contributed by atoms with Crippen molar-refractivity contribution < 1.29 is 24.2 Å². The molecule has 0 aromatic heterocycles. The Kier molecular flexibility index (Phi) is 7.80. The molecular formula is C20H29N3O5. The zero-order valence-corrected chi connectivity index (χ0v) is 16.5. The molecule has 1 aromatic rings. The number of carbonyl (C=O) groups is 3. The van der Waals surface area contributed by atoms with Gasteiger partial charge in [-0.25, -0.2) is 0 Å². The largest absolute Gasteiger partial charge is 0.508 e. The van der Waals surface area contributed by atoms with E-state index in [0.717, 1.165) is 5.56 Å². The molecule has 3 atom stereocenters. The molecule has 2 rings (SSSR count). The molecule has 28 heavy (non-hydrogen) atoms. The number of rotatable bonds is 10. The molecule has 1 aromatic carbocycles. The van der Waals surface area contributed by atoms with Gasteiger partial charge in [0.15, 0.2) is 12.2 Å². The standard InChI is InChI=1S/C20H29N3O5/c1-4-21-18(25)15(11-12(2)3)23-20(27)17-16(28-17)19(26)22-10-9-13-5-7-14(24)8-6-13/h5-8,12,15-17,24H,4,9-11H2,1-3H3,(H,21,25)(H,22,26)(H,23,27)/t15-,16?,17?/m0/s1. The second-order valence-corrected chi connectivity index (χ2v) is 7.27. The Morgan fingerprint density at radius 2 is 1.71 bits per heavy atom. The quantitative estimate of drug-likeness (QED) is 0.433. The van der Waals surface area contributed by atoms with Crippen molar-refractivity contribution in [3.63, 3.8) is 0 Å². The molecule has 1 heterocycles. The topological polar surface area (TPSA) is 120 Å². The molecule has 1 aliphatic rings. The fourth-order valence-electron chi connectivity index (χ4n) is 2.86. The Hall–Kier alpha value is -2.61. The molecule has 0 aliphatic carbocycles. The summed E-state index contributed by atoms with van der Waals surface area (Å²) in [6, 6.07) is 6.09. The van der Waals surface area contributed by atoms with Gasteiger partial charge in [0.05, 0.1) is 0 Å². The summed E-state index contributed by atoms with van der Waals surface area (Å²) in [6.45, 7) is 6.63. The van der Waals surface area contributed by atoms with Gasteiger partial charge >= 0.3 is 0 Å². The fourth-order valence-corrected chi connectivity index (χ4v) is 2.86. The van der Waals surface area contributed by atoms with Crippen LogP contribution in [0.5, 0.6) is 5.75 Å². The van der Waals surface area contributed by atoms with Gasteiger partial charge in [-0.3, -0.25) is 14.4 Å². The maximum Gasteiger partial charge on any atom is 0.253 e. The number of amides is 3. The average molecular weight is 391 g/mol. The third-order valence-corrected chi connectivity index (χ3v) is 4.35. The summed E-state index contributed by atoms with van der Waals surface area (Å²) < 4.78 is 5.22. The van der Waals surface area contributed by atoms with Gasteiger partial charge in [0.2, 0.25) is 5.91 Å². The molecule has 3 amide bonds. The summed E-state index contributed by atoms with van der Waals surface area (Å²) in [5.41, 5.74) is 0.975. The highest BCUT2D eigenvalue weighted by atomic mass is 16.6. The zero-order valence-electron chi connectivity index (χ0n) is 16.5. The summed E-state index contributed by atoms with van der Waals surface area (Å²) in [6.07, 6.45) is -0.580. The number of carbonyl (C=O) groups excluding carboxylic acids is 3. The Balaban J connectivity index is 1.77. The van der Waals surface area contributed by atoms with E-state index in [-0.39, 0.29) is 23.5 Å². The van der Waals surface area contributed by atoms with Crippen molar-refractivity contribution in [1.82, 2.24) is 16.0 Å². The minimum atomic E-state index is -0.863. The number of hydrogen-bond acceptors (Lipinski definition) is 5. The number of aromatic hydroxyl groups is 1. The van der Waals surface area contributed by atoms with Gasteiger partial charge in [-0.15, -0.1) is 0 Å². The van der Waals surface area contributed by atoms with E-state index >= 15 is 0 Å². The number of epoxide rings is 1. The number of phenols is 1. The van der Waals surface area contributed by atoms with Crippen molar-refractivity contribution in [1.29, 1.82) is 0 Å². The van der Waals surface area contributed by atoms with Crippen molar-refractivity contribution in [2.45, 2.75) is 51.9 Å². The van der Waals surface area contributed by atoms with Gasteiger partial charge < -0.3 is 25.8 Å². The zero-order chi connectivity index (χ0) is 20.7. The molecule has 154 valence electrons. The SMILES string of the molecule is CCNC(=O)[C@H](CC(C)C)NC(=O)C1OC1C(=O)NCCc1ccc(O)cc1. The van der Waals surface area contributed by atoms with E-state index in [1.165, 1.54) is 0 Å². The highest BCUT2D eigenvalue weighted by molar-refractivity contribution is 5.97. The van der Waals surface area contributed by atoms with E-state index in [9.17, 15) is 19.5 Å². The first-order valence-corrected chi connectivity index (χ1v) is 9.61. The Morgan fingerprint density at radius 3 is 2.32 bits per heavy atom. The van der Waals surface area contributed by atoms with E-state index in [0.29, 0.717) is 25.9 Å². The Labute approximate surface area is 165 Å². The lowest BCUT2D eigenvalue weighted by Crippen LogP contribution is -2.49. The lowest BCUT2D eigenvalue weighted by molar-refractivity contribution is -0.130. The van der Waals surface area contributed by atoms with E-state index in [1.807, 2.05) is 20.8 Å². The maximum atomic E-state index is 12.3. The van der Waals surface area contributed by atoms with E-state index in [4.69, 9.17) is 4.74 Å². The number of likely N-dealkylation sites (N-methyl/N-ethyl adjacent to an activating group) is 1. The van der Waals surface area contributed by atoms with Crippen LogP contribution in [0.3, 0.4) is 0 Å². The molecule has 8 nitrogen and oxygen atoms in total. The first-order chi connectivity index (χ1) is 13.3. The van der Waals surface area contributed by atoms with Gasteiger partial charge in [0.25, 0.3) is 11.8 Å². The number of ether oxygens (including phenoxy) is 1. The summed E-state index contributed by atoms with van der Waals surface area (Å²) in [7, 11) is 0. The number of phenolic OH excluding ortho intramolecular Hbond substituents is 1. The van der Waals surface area contributed by atoms with Crippen LogP contribution in [0.25, 0.3) is 0 Å². The minimum absolute atomic E-state index is 0.191. The van der Waals surface area contributed by atoms with Gasteiger partial charge in [-0.1, -0.05) is 26.0 Å². The third-order valence-electron chi connectivity index (χ3n) is 4.35. The van der Waals surface area contributed by atoms with Crippen molar-refractivity contribution in [3.05, 3.63) is 29.8 Å². The van der Waals surface area contributed by atoms with Crippen LogP contribution in [-0.4, -0.2) is 54.2 Å². The molecule has 8 heteroatoms. The van der Waals surface area contributed by atoms with Crippen molar-refractivity contribution in [2.24, 2.45) is 5.92 Å². The monoisotopic (exact) mass is 391 g/mol. The van der Waals surface area contributed by atoms with Crippen LogP contribution in [0.1, 0.15) is 32.8 Å². The highest BCUT2D eigenvalue weighted by Crippen LogP contribution is 2.23. The predicted molar refractivity (Wildman–Crippen MR) is 104 cm³/mol. The van der Waals surface area contributed by atoms with Crippen molar-refractivity contribution in [3.8, 4) is 5.75 Å². The van der Waals surface area contributed by atoms with Gasteiger partial charge in [-0.05, 0) is 43.4 Å². The molecule has 0 bridgehead atoms. The lowest BCUT2D eigenvalue weighted by atomic mass is 10.0. The average Bonchev–Trinajstić information content (AvgIpc) is 3.43. The van der Waals surface area contributed by atoms with Gasteiger partial charge in [0.1, 0.15) is 11.8 Å². The lowest BCUT2D eigenvalue weighted by Gasteiger charge is -2.19. The van der Waals surface area contributed by atoms with Crippen LogP contribution in [0.2, 0.25) is 0 Å². The van der Waals surface area contributed by atoms with Crippen LogP contribution in [0, 0.1) is 5.92 Å². The first-order valence-electron chi connectivity index (χ1n) is 9.61. The fraction of sp³-hybridized carbons (Fsp3) is 0.550. The molecule has 2 unspecified atom stereocenters. The van der Waals surface area contributed by atoms with Crippen LogP contribution < -0.4 is 16.0 Å². The normalized spacial score (nSPS) is 19.0. The molecule has 1 saturated heterocycles. The van der Waals surface area contributed by atoms with E-state index in [1.54, 1.807) is 24.3 Å². The number of benzene rings is 1. The second kappa shape index (κ2) is 10.1. The molecule has 4 N–H and O–H groups in total. The van der Waals surface area contributed by atoms with Crippen LogP contribution in [-0.2, 0) is 25.5 Å². The van der Waals surface area contributed by atoms with Crippen molar-refractivity contribution >= 4 is 17.7 Å². The third kappa shape index (κ3) is 6.53. The predicted octanol–water partition coefficient (Wildman–Crippen LogP) is 0.485. The molecule has 1 aliphatic heterocycles. The Morgan fingerprint density at radius 1 is 1.07 bits per heavy atom. The van der Waals surface area contributed by atoms with Crippen LogP contribution in [0.4, 0.5) is 0 Å². The number of hydrogen-bond donors (Lipinski definition) is 4. The van der Waals surface area contributed by atoms with Gasteiger partial charge in [0, 0.05) is 13.1 Å². The first kappa shape index (κ1) is 21.7. The minimum Gasteiger partial charge on any atom is -0.508 e. The Bertz CT molecular complexity index is 690. The van der Waals surface area contributed by atoms with Crippen molar-refractivity contribution in [2.75, 3.05) is 13.1 Å².